The second-order valence-electron chi connectivity index (χ2n) is 7.02. The Morgan fingerprint density at radius 1 is 1.08 bits per heavy atom. The fraction of sp³-hybridized carbons (Fsp3) is 0.107. The number of anilines is 3. The predicted molar refractivity (Wildman–Crippen MR) is 141 cm³/mol. The Labute approximate surface area is 252 Å². The number of hydrogen-bond donors (Lipinski definition) is 2. The second kappa shape index (κ2) is 10.4. The Morgan fingerprint density at radius 3 is 2.77 bits per heavy atom. The Kier molecular flexibility index (Phi) is 2.72. The van der Waals surface area contributed by atoms with E-state index < -0.39 is 173 Å². The van der Waals surface area contributed by atoms with E-state index in [1.54, 1.807) is 0 Å². The molecule has 0 saturated heterocycles. The van der Waals surface area contributed by atoms with Gasteiger partial charge >= 0.3 is 6.18 Å². The zero-order chi connectivity index (χ0) is 46.5. The molecule has 5 rings (SSSR count). The van der Waals surface area contributed by atoms with Gasteiger partial charge in [0, 0.05) is 61.1 Å². The van der Waals surface area contributed by atoms with Gasteiger partial charge < -0.3 is 15.2 Å². The second-order valence-corrected chi connectivity index (χ2v) is 7.02. The van der Waals surface area contributed by atoms with Crippen LogP contribution < -0.4 is 10.6 Å². The van der Waals surface area contributed by atoms with Crippen LogP contribution in [-0.2, 0) is 6.18 Å². The highest BCUT2D eigenvalue weighted by molar-refractivity contribution is 6.05. The summed E-state index contributed by atoms with van der Waals surface area (Å²) >= 11 is 0. The van der Waals surface area contributed by atoms with Crippen LogP contribution in [0.1, 0.15) is 54.6 Å². The first-order chi connectivity index (χ1) is 27.8. The number of amides is 1. The monoisotopic (exact) mass is 551 g/mol. The van der Waals surface area contributed by atoms with Crippen LogP contribution in [0.2, 0.25) is 2.82 Å². The number of imidazole rings is 1. The van der Waals surface area contributed by atoms with Gasteiger partial charge in [-0.15, -0.1) is 0 Å². The van der Waals surface area contributed by atoms with Gasteiger partial charge in [-0.3, -0.25) is 9.78 Å². The highest BCUT2D eigenvalue weighted by atomic mass is 19.4. The summed E-state index contributed by atoms with van der Waals surface area (Å²) in [6, 6.07) is -12.6. The fourth-order valence-electron chi connectivity index (χ4n) is 2.75. The molecule has 0 aliphatic carbocycles. The van der Waals surface area contributed by atoms with Gasteiger partial charge in [-0.2, -0.15) is 13.2 Å². The van der Waals surface area contributed by atoms with E-state index in [0.29, 0.717) is 0 Å². The highest BCUT2D eigenvalue weighted by Crippen LogP contribution is 2.33. The van der Waals surface area contributed by atoms with Gasteiger partial charge in [0.25, 0.3) is 5.91 Å². The van der Waals surface area contributed by atoms with Gasteiger partial charge in [0.2, 0.25) is 5.95 Å². The number of carbonyl (C=O) groups excluding carboxylic acids is 1. The van der Waals surface area contributed by atoms with Gasteiger partial charge in [0.15, 0.2) is 2.82 Å². The SMILES string of the molecule is [2H]c1nc(N([2H])c2c([2H])c(C(=O)N([2H])c3c([2H])c(-n4c([2H])nc(C([2H])([2H])[2H])c4[2H])c([2H])c(C(F)(F)F)c3[2H])c([2H])c([2H])c2C([2H])([2H])[2H])nc(-c2c([2H])nc([2H])c([2H])c2[2H])c1[2H]. The average Bonchev–Trinajstić information content (AvgIpc) is 3.42. The van der Waals surface area contributed by atoms with Gasteiger partial charge in [-0.05, 0) is 67.6 Å². The van der Waals surface area contributed by atoms with Crippen molar-refractivity contribution in [1.82, 2.24) is 24.5 Å². The molecule has 0 aliphatic heterocycles. The van der Waals surface area contributed by atoms with E-state index in [9.17, 15) is 18.0 Å². The van der Waals surface area contributed by atoms with E-state index >= 15 is 0 Å². The number of halogens is 3. The summed E-state index contributed by atoms with van der Waals surface area (Å²) in [5, 5.41) is -0.879. The number of hydrogen-bond acceptors (Lipinski definition) is 6. The summed E-state index contributed by atoms with van der Waals surface area (Å²) < 4.78 is 223. The molecule has 8 nitrogen and oxygen atoms in total. The molecule has 3 heterocycles. The first kappa shape index (κ1) is 10.3. The minimum atomic E-state index is -5.73. The molecule has 1 amide bonds. The summed E-state index contributed by atoms with van der Waals surface area (Å²) in [5.74, 6) is -3.32. The number of carbonyl (C=O) groups is 1. The highest BCUT2D eigenvalue weighted by Gasteiger charge is 2.31. The Balaban J connectivity index is 1.82. The maximum absolute atomic E-state index is 14.5. The lowest BCUT2D eigenvalue weighted by molar-refractivity contribution is -0.137. The fourth-order valence-corrected chi connectivity index (χ4v) is 2.75. The number of alkyl halides is 3. The third-order valence-corrected chi connectivity index (χ3v) is 4.39. The first-order valence-electron chi connectivity index (χ1n) is 21.0. The molecule has 11 heteroatoms. The normalized spacial score (nSPS) is 20.0. The number of pyridine rings is 1. The maximum atomic E-state index is 14.5. The van der Waals surface area contributed by atoms with Crippen LogP contribution in [0.3, 0.4) is 0 Å². The lowest BCUT2D eigenvalue weighted by atomic mass is 10.1. The smallest absolute Gasteiger partial charge is 0.324 e. The van der Waals surface area contributed by atoms with Crippen LogP contribution in [0, 0.1) is 13.7 Å². The van der Waals surface area contributed by atoms with E-state index in [-0.39, 0.29) is 9.88 Å². The molecule has 39 heavy (non-hydrogen) atoms. The molecular formula is C28H22F3N7O. The molecule has 5 aromatic rings. The quantitative estimate of drug-likeness (QED) is 0.255. The Morgan fingerprint density at radius 2 is 1.97 bits per heavy atom. The van der Waals surface area contributed by atoms with Gasteiger partial charge in [-0.1, -0.05) is 6.04 Å². The summed E-state index contributed by atoms with van der Waals surface area (Å²) in [7, 11) is 0. The van der Waals surface area contributed by atoms with E-state index in [4.69, 9.17) is 30.2 Å². The van der Waals surface area contributed by atoms with Crippen LogP contribution in [0.25, 0.3) is 16.9 Å². The van der Waals surface area contributed by atoms with Crippen LogP contribution in [0.5, 0.6) is 0 Å². The van der Waals surface area contributed by atoms with E-state index in [2.05, 4.69) is 19.9 Å². The molecule has 2 aromatic carbocycles. The molecule has 3 aromatic heterocycles. The van der Waals surface area contributed by atoms with Crippen LogP contribution >= 0.6 is 0 Å². The summed E-state index contributed by atoms with van der Waals surface area (Å²) in [6.07, 6.45) is -11.2. The summed E-state index contributed by atoms with van der Waals surface area (Å²) in [6.45, 7) is -6.83. The van der Waals surface area contributed by atoms with Gasteiger partial charge in [0.1, 0.15) is 1.37 Å². The molecule has 0 fully saturated rings. The number of benzene rings is 2. The summed E-state index contributed by atoms with van der Waals surface area (Å²) in [5.41, 5.74) is -12.5. The third-order valence-electron chi connectivity index (χ3n) is 4.39. The molecule has 0 bridgehead atoms. The van der Waals surface area contributed by atoms with E-state index in [1.165, 1.54) is 0 Å². The van der Waals surface area contributed by atoms with Crippen LogP contribution in [-0.4, -0.2) is 30.4 Å². The minimum absolute atomic E-state index is 0.00962. The van der Waals surface area contributed by atoms with Crippen molar-refractivity contribution in [3.8, 4) is 16.9 Å². The van der Waals surface area contributed by atoms with Crippen molar-refractivity contribution >= 4 is 23.2 Å². The Bertz CT molecular complexity index is 2680. The Hall–Kier alpha value is -5.06. The molecule has 0 aliphatic rings. The summed E-state index contributed by atoms with van der Waals surface area (Å²) in [4.78, 5) is 28.3. The van der Waals surface area contributed by atoms with Crippen molar-refractivity contribution in [2.75, 3.05) is 10.6 Å². The number of nitrogens with zero attached hydrogens (tertiary/aromatic N) is 5. The molecule has 0 atom stereocenters. The van der Waals surface area contributed by atoms with Crippen LogP contribution in [0.15, 0.2) is 85.4 Å². The third kappa shape index (κ3) is 5.93. The molecule has 0 saturated carbocycles. The topological polar surface area (TPSA) is 97.6 Å². The predicted octanol–water partition coefficient (Wildman–Crippen LogP) is 6.36. The van der Waals surface area contributed by atoms with E-state index in [0.717, 1.165) is 0 Å². The largest absolute Gasteiger partial charge is 0.416 e. The van der Waals surface area contributed by atoms with Crippen molar-refractivity contribution in [2.24, 2.45) is 0 Å². The molecule has 0 unspecified atom stereocenters. The first-order valence-corrected chi connectivity index (χ1v) is 10.1. The lowest BCUT2D eigenvalue weighted by Crippen LogP contribution is -2.14. The lowest BCUT2D eigenvalue weighted by Gasteiger charge is -2.14. The maximum Gasteiger partial charge on any atom is 0.416 e. The standard InChI is InChI=1S/C28H22F3N7O/c1-17-5-6-19(10-25(17)37-27-33-9-7-24(36-27)20-4-3-8-32-14-20)26(39)35-22-11-21(28(29,30)31)12-23(13-22)38-15-18(2)34-16-38/h3-16H,1-2H3,(H,35,39)(H,33,36,37)/i1D3,2D3,3D,4D,5D,6D,7D,8D,9D,10D,11D,12D,13D,14D,15D,16D/hD2. The molecular weight excluding hydrogens is 507 g/mol. The number of nitrogens with one attached hydrogen (secondary N) is 2. The average molecular weight is 552 g/mol. The van der Waals surface area contributed by atoms with Crippen molar-refractivity contribution in [1.29, 1.82) is 0 Å². The molecule has 0 spiro atoms. The van der Waals surface area contributed by atoms with Gasteiger partial charge in [-0.25, -0.2) is 15.0 Å². The van der Waals surface area contributed by atoms with Crippen molar-refractivity contribution in [3.05, 3.63) is 108 Å². The molecule has 0 radical (unpaired) electrons. The van der Waals surface area contributed by atoms with Crippen molar-refractivity contribution < 1.29 is 48.2 Å². The van der Waals surface area contributed by atoms with E-state index in [1.807, 2.05) is 0 Å². The van der Waals surface area contributed by atoms with Crippen molar-refractivity contribution in [3.63, 3.8) is 0 Å². The number of aromatic nitrogens is 5. The zero-order valence-electron chi connectivity index (χ0n) is 40.7. The number of rotatable bonds is 6. The molecule has 196 valence electrons. The van der Waals surface area contributed by atoms with Gasteiger partial charge in [0.05, 0.1) is 41.1 Å². The molecule has 2 N–H and O–H groups in total. The zero-order valence-corrected chi connectivity index (χ0v) is 18.7. The van der Waals surface area contributed by atoms with Crippen molar-refractivity contribution in [2.45, 2.75) is 19.9 Å². The van der Waals surface area contributed by atoms with Crippen LogP contribution in [0.4, 0.5) is 30.5 Å². The number of aryl methyl sites for hydroxylation is 1. The minimum Gasteiger partial charge on any atom is -0.324 e.